The van der Waals surface area contributed by atoms with Crippen LogP contribution in [-0.4, -0.2) is 0 Å². The Labute approximate surface area is 75.8 Å². The Hall–Kier alpha value is 2.31. The van der Waals surface area contributed by atoms with Gasteiger partial charge in [0, 0.05) is 0 Å². The first-order valence-electron chi connectivity index (χ1n) is 0. The van der Waals surface area contributed by atoms with Crippen molar-refractivity contribution < 1.29 is 76.8 Å². The summed E-state index contributed by atoms with van der Waals surface area (Å²) in [5, 5.41) is 0. The van der Waals surface area contributed by atoms with E-state index >= 15 is 0 Å². The van der Waals surface area contributed by atoms with E-state index in [4.69, 9.17) is 0 Å². The van der Waals surface area contributed by atoms with E-state index in [2.05, 4.69) is 0 Å². The molecule has 0 bridgehead atoms. The quantitative estimate of drug-likeness (QED) is 0.343. The van der Waals surface area contributed by atoms with Gasteiger partial charge in [0.15, 0.2) is 0 Å². The van der Waals surface area contributed by atoms with Crippen LogP contribution in [0.2, 0.25) is 0 Å². The first kappa shape index (κ1) is 33.3. The zero-order valence-electron chi connectivity index (χ0n) is 1.63. The van der Waals surface area contributed by atoms with Crippen molar-refractivity contribution in [1.29, 1.82) is 0 Å². The number of hydrogen-bond donors (Lipinski definition) is 0. The van der Waals surface area contributed by atoms with Crippen molar-refractivity contribution in [3.05, 3.63) is 0 Å². The van der Waals surface area contributed by atoms with Crippen molar-refractivity contribution >= 4 is 0 Å². The molecule has 0 rings (SSSR count). The number of halogens is 3. The Morgan fingerprint density at radius 2 is 0.500 bits per heavy atom. The van der Waals surface area contributed by atoms with Crippen LogP contribution in [0.3, 0.4) is 0 Å². The third-order valence-electron chi connectivity index (χ3n) is 0. The molecule has 0 aromatic heterocycles. The fourth-order valence-corrected chi connectivity index (χ4v) is 0. The molecule has 0 radical (unpaired) electrons. The van der Waals surface area contributed by atoms with Crippen LogP contribution in [0.4, 0.5) is 0 Å². The maximum absolute atomic E-state index is 0. The van der Waals surface area contributed by atoms with Gasteiger partial charge in [-0.1, -0.05) is 0 Å². The van der Waals surface area contributed by atoms with Crippen LogP contribution >= 0.6 is 0 Å². The van der Waals surface area contributed by atoms with Crippen molar-refractivity contribution in [3.63, 3.8) is 0 Å². The second kappa shape index (κ2) is 18.5. The minimum Gasteiger partial charge on any atom is -1.00 e. The van der Waals surface area contributed by atoms with Gasteiger partial charge in [0.1, 0.15) is 0 Å². The summed E-state index contributed by atoms with van der Waals surface area (Å²) in [7, 11) is 0. The Morgan fingerprint density at radius 3 is 0.500 bits per heavy atom. The molecule has 0 heterocycles. The van der Waals surface area contributed by atoms with Crippen LogP contribution in [0.1, 0.15) is 0 Å². The van der Waals surface area contributed by atoms with Crippen molar-refractivity contribution in [2.75, 3.05) is 0 Å². The van der Waals surface area contributed by atoms with Gasteiger partial charge in [-0.25, -0.2) is 0 Å². The number of rotatable bonds is 0. The molecule has 0 saturated heterocycles. The molecule has 0 aliphatic carbocycles. The summed E-state index contributed by atoms with van der Waals surface area (Å²) >= 11 is 0. The van der Waals surface area contributed by atoms with Gasteiger partial charge in [-0.3, -0.25) is 0 Å². The topological polar surface area (TPSA) is 0 Å². The summed E-state index contributed by atoms with van der Waals surface area (Å²) in [6.45, 7) is 0. The van der Waals surface area contributed by atoms with Crippen LogP contribution in [0.25, 0.3) is 0 Å². The van der Waals surface area contributed by atoms with Gasteiger partial charge in [0.25, 0.3) is 0 Å². The Kier molecular flexibility index (Phi) is 154. The molecule has 4 heavy (non-hydrogen) atoms. The third kappa shape index (κ3) is 8.85. The zero-order chi connectivity index (χ0) is 0. The van der Waals surface area contributed by atoms with Gasteiger partial charge >= 0.3 is 25.8 Å². The van der Waals surface area contributed by atoms with Gasteiger partial charge in [0.2, 0.25) is 0 Å². The predicted octanol–water partition coefficient (Wildman–Crippen LogP) is -8.99. The average molecular weight is 418 g/mol. The molecule has 0 aliphatic heterocycles. The monoisotopic (exact) mass is 417 g/mol. The molecule has 0 spiro atoms. The van der Waals surface area contributed by atoms with Crippen LogP contribution < -0.4 is 50.9 Å². The molecule has 4 heteroatoms. The maximum atomic E-state index is 0. The fourth-order valence-electron chi connectivity index (χ4n) is 0. The molecule has 0 amide bonds. The molecule has 0 N–H and O–H groups in total. The molecule has 0 saturated carbocycles. The third-order valence-corrected chi connectivity index (χ3v) is 0. The minimum absolute atomic E-state index is 0. The van der Waals surface area contributed by atoms with Gasteiger partial charge in [-0.15, -0.1) is 0 Å². The summed E-state index contributed by atoms with van der Waals surface area (Å²) in [5.41, 5.74) is 0. The summed E-state index contributed by atoms with van der Waals surface area (Å²) in [5.74, 6) is 0. The van der Waals surface area contributed by atoms with Crippen molar-refractivity contribution in [2.45, 2.75) is 0 Å². The standard InChI is InChI=1S/3BrH.Hf/h3*1H;/q;;;+4/p-3. The second-order valence-corrected chi connectivity index (χ2v) is 0. The van der Waals surface area contributed by atoms with Crippen LogP contribution in [-0.2, 0) is 25.8 Å². The summed E-state index contributed by atoms with van der Waals surface area (Å²) in [6.07, 6.45) is 0. The summed E-state index contributed by atoms with van der Waals surface area (Å²) in [6, 6.07) is 0. The van der Waals surface area contributed by atoms with Gasteiger partial charge < -0.3 is 50.9 Å². The molecule has 0 aromatic rings. The molecule has 0 fully saturated rings. The van der Waals surface area contributed by atoms with Gasteiger partial charge in [-0.2, -0.15) is 0 Å². The molecular formula is Br3Hf+. The zero-order valence-corrected chi connectivity index (χ0v) is 9.98. The SMILES string of the molecule is [Br-].[Br-].[Br-].[Hf+4]. The van der Waals surface area contributed by atoms with Gasteiger partial charge in [-0.05, 0) is 0 Å². The van der Waals surface area contributed by atoms with Crippen molar-refractivity contribution in [3.8, 4) is 0 Å². The van der Waals surface area contributed by atoms with E-state index in [0.29, 0.717) is 0 Å². The first-order valence-corrected chi connectivity index (χ1v) is 0. The predicted molar refractivity (Wildman–Crippen MR) is 0 cm³/mol. The molecule has 0 nitrogen and oxygen atoms in total. The second-order valence-electron chi connectivity index (χ2n) is 0. The summed E-state index contributed by atoms with van der Waals surface area (Å²) < 4.78 is 0. The minimum atomic E-state index is 0. The molecular weight excluding hydrogens is 418 g/mol. The molecule has 0 unspecified atom stereocenters. The van der Waals surface area contributed by atoms with E-state index in [-0.39, 0.29) is 76.8 Å². The van der Waals surface area contributed by atoms with Crippen LogP contribution in [0.5, 0.6) is 0 Å². The number of hydrogen-bond acceptors (Lipinski definition) is 0. The van der Waals surface area contributed by atoms with E-state index < -0.39 is 0 Å². The van der Waals surface area contributed by atoms with E-state index in [1.54, 1.807) is 0 Å². The van der Waals surface area contributed by atoms with E-state index in [0.717, 1.165) is 0 Å². The van der Waals surface area contributed by atoms with E-state index in [1.807, 2.05) is 0 Å². The van der Waals surface area contributed by atoms with Crippen LogP contribution in [0, 0.1) is 0 Å². The molecule has 24 valence electrons. The normalized spacial score (nSPS) is 0. The Balaban J connectivity index is 0. The summed E-state index contributed by atoms with van der Waals surface area (Å²) in [4.78, 5) is 0. The Bertz CT molecular complexity index is 3.25. The van der Waals surface area contributed by atoms with E-state index in [1.165, 1.54) is 0 Å². The van der Waals surface area contributed by atoms with Crippen molar-refractivity contribution in [1.82, 2.24) is 0 Å². The maximum Gasteiger partial charge on any atom is 4.00 e. The molecule has 0 atom stereocenters. The van der Waals surface area contributed by atoms with Gasteiger partial charge in [0.05, 0.1) is 0 Å². The van der Waals surface area contributed by atoms with Crippen molar-refractivity contribution in [2.24, 2.45) is 0 Å². The molecule has 0 aromatic carbocycles. The van der Waals surface area contributed by atoms with E-state index in [9.17, 15) is 0 Å². The fraction of sp³-hybridized carbons (Fsp3) is 0. The smallest absolute Gasteiger partial charge is 1.00 e. The largest absolute Gasteiger partial charge is 4.00 e. The molecule has 0 aliphatic rings. The average Bonchev–Trinajstić information content (AvgIpc) is 0. The van der Waals surface area contributed by atoms with Crippen LogP contribution in [0.15, 0.2) is 0 Å². The Morgan fingerprint density at radius 1 is 0.500 bits per heavy atom. The first-order chi connectivity index (χ1) is 0.